The van der Waals surface area contributed by atoms with Crippen LogP contribution in [0, 0.1) is 0 Å². The van der Waals surface area contributed by atoms with Crippen LogP contribution in [0.3, 0.4) is 0 Å². The number of aliphatic hydroxyl groups is 2. The van der Waals surface area contributed by atoms with Crippen LogP contribution in [0.25, 0.3) is 11.1 Å². The molecule has 0 radical (unpaired) electrons. The largest absolute Gasteiger partial charge is 0.479 e. The van der Waals surface area contributed by atoms with Crippen molar-refractivity contribution in [3.05, 3.63) is 60.2 Å². The Bertz CT molecular complexity index is 894. The number of aliphatic carboxylic acids is 2. The van der Waals surface area contributed by atoms with E-state index < -0.39 is 24.1 Å². The lowest BCUT2D eigenvalue weighted by molar-refractivity contribution is -0.165. The summed E-state index contributed by atoms with van der Waals surface area (Å²) in [7, 11) is 0. The van der Waals surface area contributed by atoms with E-state index in [0.717, 1.165) is 39.3 Å². The van der Waals surface area contributed by atoms with E-state index in [1.807, 2.05) is 0 Å². The van der Waals surface area contributed by atoms with Crippen LogP contribution in [0.1, 0.15) is 18.4 Å². The fourth-order valence-electron chi connectivity index (χ4n) is 4.29. The van der Waals surface area contributed by atoms with Gasteiger partial charge >= 0.3 is 11.9 Å². The standard InChI is InChI=1S/C21H26N2O.C4H6O6/c1-2-6-17(7-3-1)21-9-5-4-8-18(21)15-23(19-10-12-22-14-19)20-11-13-24-16-20;5-1(3(7)8)2(6)4(9)10/h1-9,19-20,22H,10-16H2;1-2,5-6H,(H,7,8)(H,9,10)/t19-,20+;/m0./s1. The van der Waals surface area contributed by atoms with Gasteiger partial charge < -0.3 is 30.5 Å². The molecule has 2 unspecified atom stereocenters. The predicted octanol–water partition coefficient (Wildman–Crippen LogP) is 1.18. The zero-order valence-electron chi connectivity index (χ0n) is 18.9. The molecule has 4 atom stereocenters. The van der Waals surface area contributed by atoms with E-state index in [4.69, 9.17) is 25.2 Å². The molecule has 2 aromatic rings. The number of benzene rings is 2. The number of rotatable bonds is 8. The van der Waals surface area contributed by atoms with E-state index in [2.05, 4.69) is 64.8 Å². The fourth-order valence-corrected chi connectivity index (χ4v) is 4.29. The number of carbonyl (C=O) groups is 2. The molecule has 2 aliphatic heterocycles. The molecule has 5 N–H and O–H groups in total. The quantitative estimate of drug-likeness (QED) is 0.383. The second-order valence-corrected chi connectivity index (χ2v) is 8.43. The van der Waals surface area contributed by atoms with E-state index in [-0.39, 0.29) is 0 Å². The second-order valence-electron chi connectivity index (χ2n) is 8.43. The minimum Gasteiger partial charge on any atom is -0.479 e. The van der Waals surface area contributed by atoms with Crippen LogP contribution in [0.15, 0.2) is 54.6 Å². The first-order chi connectivity index (χ1) is 16.4. The lowest BCUT2D eigenvalue weighted by Crippen LogP contribution is -2.44. The second kappa shape index (κ2) is 12.6. The molecule has 0 saturated carbocycles. The molecule has 9 heteroatoms. The number of carboxylic acids is 2. The lowest BCUT2D eigenvalue weighted by Gasteiger charge is -2.34. The van der Waals surface area contributed by atoms with Gasteiger partial charge in [0.2, 0.25) is 0 Å². The van der Waals surface area contributed by atoms with Gasteiger partial charge in [0.15, 0.2) is 12.2 Å². The average molecular weight is 473 g/mol. The summed E-state index contributed by atoms with van der Waals surface area (Å²) in [4.78, 5) is 22.2. The lowest BCUT2D eigenvalue weighted by atomic mass is 9.98. The molecule has 0 amide bonds. The molecule has 34 heavy (non-hydrogen) atoms. The Labute approximate surface area is 198 Å². The third-order valence-corrected chi connectivity index (χ3v) is 6.14. The number of hydrogen-bond donors (Lipinski definition) is 5. The van der Waals surface area contributed by atoms with Gasteiger partial charge in [0, 0.05) is 31.8 Å². The summed E-state index contributed by atoms with van der Waals surface area (Å²) >= 11 is 0. The summed E-state index contributed by atoms with van der Waals surface area (Å²) in [5.74, 6) is -3.54. The molecule has 2 aliphatic rings. The molecule has 2 saturated heterocycles. The molecular formula is C25H32N2O7. The molecule has 0 aliphatic carbocycles. The smallest absolute Gasteiger partial charge is 0.335 e. The number of nitrogens with one attached hydrogen (secondary N) is 1. The van der Waals surface area contributed by atoms with Gasteiger partial charge in [-0.05, 0) is 36.1 Å². The Kier molecular flexibility index (Phi) is 9.55. The maximum Gasteiger partial charge on any atom is 0.335 e. The first-order valence-corrected chi connectivity index (χ1v) is 11.4. The van der Waals surface area contributed by atoms with Gasteiger partial charge in [-0.15, -0.1) is 0 Å². The van der Waals surface area contributed by atoms with Gasteiger partial charge in [0.1, 0.15) is 0 Å². The van der Waals surface area contributed by atoms with Crippen LogP contribution in [0.2, 0.25) is 0 Å². The minimum absolute atomic E-state index is 0.554. The van der Waals surface area contributed by atoms with E-state index in [0.29, 0.717) is 12.1 Å². The predicted molar refractivity (Wildman–Crippen MR) is 125 cm³/mol. The third-order valence-electron chi connectivity index (χ3n) is 6.14. The van der Waals surface area contributed by atoms with Gasteiger partial charge in [-0.25, -0.2) is 9.59 Å². The highest BCUT2D eigenvalue weighted by molar-refractivity contribution is 5.83. The summed E-state index contributed by atoms with van der Waals surface area (Å²) in [5.41, 5.74) is 4.08. The van der Waals surface area contributed by atoms with Gasteiger partial charge in [-0.2, -0.15) is 0 Å². The Balaban J connectivity index is 0.000000277. The maximum absolute atomic E-state index is 9.77. The van der Waals surface area contributed by atoms with Crippen molar-refractivity contribution in [2.45, 2.75) is 43.7 Å². The van der Waals surface area contributed by atoms with E-state index in [1.54, 1.807) is 0 Å². The van der Waals surface area contributed by atoms with Gasteiger partial charge in [0.05, 0.1) is 6.61 Å². The molecule has 0 aromatic heterocycles. The van der Waals surface area contributed by atoms with E-state index >= 15 is 0 Å². The van der Waals surface area contributed by atoms with E-state index in [9.17, 15) is 9.59 Å². The van der Waals surface area contributed by atoms with Crippen molar-refractivity contribution in [2.24, 2.45) is 0 Å². The Morgan fingerprint density at radius 1 is 0.941 bits per heavy atom. The van der Waals surface area contributed by atoms with Gasteiger partial charge in [0.25, 0.3) is 0 Å². The highest BCUT2D eigenvalue weighted by atomic mass is 16.5. The monoisotopic (exact) mass is 472 g/mol. The fraction of sp³-hybridized carbons (Fsp3) is 0.440. The van der Waals surface area contributed by atoms with E-state index in [1.165, 1.54) is 23.1 Å². The summed E-state index contributed by atoms with van der Waals surface area (Å²) in [6.07, 6.45) is -2.14. The highest BCUT2D eigenvalue weighted by Crippen LogP contribution is 2.28. The van der Waals surface area contributed by atoms with Crippen molar-refractivity contribution in [3.8, 4) is 11.1 Å². The van der Waals surface area contributed by atoms with Crippen LogP contribution in [-0.2, 0) is 20.9 Å². The average Bonchev–Trinajstić information content (AvgIpc) is 3.57. The van der Waals surface area contributed by atoms with Crippen LogP contribution < -0.4 is 5.32 Å². The number of nitrogens with zero attached hydrogens (tertiary/aromatic N) is 1. The van der Waals surface area contributed by atoms with Crippen LogP contribution >= 0.6 is 0 Å². The van der Waals surface area contributed by atoms with Crippen molar-refractivity contribution in [3.63, 3.8) is 0 Å². The maximum atomic E-state index is 9.77. The molecule has 4 rings (SSSR count). The van der Waals surface area contributed by atoms with Crippen molar-refractivity contribution >= 4 is 11.9 Å². The molecular weight excluding hydrogens is 440 g/mol. The summed E-state index contributed by atoms with van der Waals surface area (Å²) < 4.78 is 5.69. The molecule has 9 nitrogen and oxygen atoms in total. The number of aliphatic hydroxyl groups excluding tert-OH is 2. The molecule has 2 heterocycles. The molecule has 0 spiro atoms. The summed E-state index contributed by atoms with van der Waals surface area (Å²) in [6, 6.07) is 20.8. The molecule has 0 bridgehead atoms. The number of ether oxygens (including phenoxy) is 1. The molecule has 2 aromatic carbocycles. The van der Waals surface area contributed by atoms with Crippen molar-refractivity contribution < 1.29 is 34.8 Å². The number of hydrogen-bond acceptors (Lipinski definition) is 7. The first-order valence-electron chi connectivity index (χ1n) is 11.4. The first kappa shape index (κ1) is 25.8. The Hall–Kier alpha value is -2.82. The van der Waals surface area contributed by atoms with Gasteiger partial charge in [-0.1, -0.05) is 54.6 Å². The summed E-state index contributed by atoms with van der Waals surface area (Å²) in [6.45, 7) is 5.02. The van der Waals surface area contributed by atoms with Crippen molar-refractivity contribution in [1.82, 2.24) is 10.2 Å². The molecule has 184 valence electrons. The van der Waals surface area contributed by atoms with Crippen LogP contribution in [0.5, 0.6) is 0 Å². The highest BCUT2D eigenvalue weighted by Gasteiger charge is 2.31. The minimum atomic E-state index is -2.27. The zero-order chi connectivity index (χ0) is 24.5. The van der Waals surface area contributed by atoms with Crippen molar-refractivity contribution in [2.75, 3.05) is 26.3 Å². The van der Waals surface area contributed by atoms with Crippen LogP contribution in [0.4, 0.5) is 0 Å². The Morgan fingerprint density at radius 3 is 2.15 bits per heavy atom. The number of carboxylic acid groups (broad SMARTS) is 2. The van der Waals surface area contributed by atoms with Crippen molar-refractivity contribution in [1.29, 1.82) is 0 Å². The van der Waals surface area contributed by atoms with Crippen LogP contribution in [-0.4, -0.2) is 87.9 Å². The Morgan fingerprint density at radius 2 is 1.59 bits per heavy atom. The van der Waals surface area contributed by atoms with Gasteiger partial charge in [-0.3, -0.25) is 4.90 Å². The topological polar surface area (TPSA) is 140 Å². The normalized spacial score (nSPS) is 21.5. The SMILES string of the molecule is O=C(O)C(O)C(O)C(=O)O.c1ccc(-c2ccccc2CN([C@@H]2CCOC2)[C@H]2CCNC2)cc1. The zero-order valence-corrected chi connectivity index (χ0v) is 18.9. The summed E-state index contributed by atoms with van der Waals surface area (Å²) in [5, 5.41) is 36.1. The third kappa shape index (κ3) is 6.85. The molecule has 2 fully saturated rings.